The van der Waals surface area contributed by atoms with E-state index in [2.05, 4.69) is 10.3 Å². The number of nitrogens with zero attached hydrogens (tertiary/aromatic N) is 4. The summed E-state index contributed by atoms with van der Waals surface area (Å²) in [5.41, 5.74) is 7.42. The summed E-state index contributed by atoms with van der Waals surface area (Å²) >= 11 is 0. The van der Waals surface area contributed by atoms with Gasteiger partial charge >= 0.3 is 6.18 Å². The average Bonchev–Trinajstić information content (AvgIpc) is 3.08. The number of hydrogen-bond acceptors (Lipinski definition) is 4. The van der Waals surface area contributed by atoms with Crippen molar-refractivity contribution in [3.8, 4) is 5.69 Å². The van der Waals surface area contributed by atoms with Crippen LogP contribution in [0.1, 0.15) is 27.2 Å². The second kappa shape index (κ2) is 6.66. The smallest absolute Gasteiger partial charge is 0.382 e. The number of alkyl halides is 3. The molecule has 0 atom stereocenters. The summed E-state index contributed by atoms with van der Waals surface area (Å²) in [5.74, 6) is -0.492. The quantitative estimate of drug-likeness (QED) is 0.733. The summed E-state index contributed by atoms with van der Waals surface area (Å²) in [6.07, 6.45) is -3.78. The molecule has 2 N–H and O–H groups in total. The van der Waals surface area contributed by atoms with Gasteiger partial charge in [-0.05, 0) is 35.7 Å². The fourth-order valence-corrected chi connectivity index (χ4v) is 3.27. The molecule has 0 radical (unpaired) electrons. The van der Waals surface area contributed by atoms with Gasteiger partial charge in [-0.3, -0.25) is 4.79 Å². The van der Waals surface area contributed by atoms with Gasteiger partial charge in [0.05, 0.1) is 11.3 Å². The van der Waals surface area contributed by atoms with Gasteiger partial charge in [-0.2, -0.15) is 17.9 Å². The Hall–Kier alpha value is -3.36. The van der Waals surface area contributed by atoms with Gasteiger partial charge in [0.15, 0.2) is 11.5 Å². The Labute approximate surface area is 158 Å². The van der Waals surface area contributed by atoms with Crippen LogP contribution in [0.4, 0.5) is 19.0 Å². The minimum Gasteiger partial charge on any atom is -0.382 e. The molecule has 2 aromatic carbocycles. The predicted molar refractivity (Wildman–Crippen MR) is 95.7 cm³/mol. The van der Waals surface area contributed by atoms with Gasteiger partial charge in [-0.25, -0.2) is 0 Å². The van der Waals surface area contributed by atoms with E-state index in [0.29, 0.717) is 19.5 Å². The molecule has 3 aromatic rings. The first kappa shape index (κ1) is 18.0. The number of nitrogens with two attached hydrogens (primary N) is 1. The van der Waals surface area contributed by atoms with Crippen LogP contribution < -0.4 is 5.73 Å². The van der Waals surface area contributed by atoms with Gasteiger partial charge in [-0.1, -0.05) is 35.5 Å². The zero-order valence-electron chi connectivity index (χ0n) is 14.6. The van der Waals surface area contributed by atoms with Crippen LogP contribution in [0.15, 0.2) is 48.5 Å². The van der Waals surface area contributed by atoms with E-state index in [-0.39, 0.29) is 17.2 Å². The van der Waals surface area contributed by atoms with E-state index < -0.39 is 17.6 Å². The zero-order chi connectivity index (χ0) is 19.9. The highest BCUT2D eigenvalue weighted by Crippen LogP contribution is 2.31. The molecular formula is C19H16F3N5O. The summed E-state index contributed by atoms with van der Waals surface area (Å²) in [6, 6.07) is 12.4. The van der Waals surface area contributed by atoms with Gasteiger partial charge in [-0.15, -0.1) is 5.10 Å². The molecule has 6 nitrogen and oxygen atoms in total. The number of nitrogen functional groups attached to an aromatic ring is 1. The summed E-state index contributed by atoms with van der Waals surface area (Å²) < 4.78 is 39.9. The Morgan fingerprint density at radius 2 is 1.82 bits per heavy atom. The van der Waals surface area contributed by atoms with Crippen molar-refractivity contribution in [2.75, 3.05) is 12.3 Å². The Kier molecular flexibility index (Phi) is 4.29. The number of aromatic nitrogens is 3. The standard InChI is InChI=1S/C19H16F3N5O/c20-19(21,22)14-6-3-7-15(10-14)27-17(23)16(24-25-27)18(28)26-9-8-12-4-1-2-5-13(12)11-26/h1-7,10H,8-9,11,23H2. The van der Waals surface area contributed by atoms with Gasteiger partial charge < -0.3 is 10.6 Å². The summed E-state index contributed by atoms with van der Waals surface area (Å²) in [4.78, 5) is 14.5. The molecular weight excluding hydrogens is 371 g/mol. The number of fused-ring (bicyclic) bond motifs is 1. The maximum Gasteiger partial charge on any atom is 0.416 e. The number of carbonyl (C=O) groups is 1. The lowest BCUT2D eigenvalue weighted by Crippen LogP contribution is -2.36. The number of anilines is 1. The highest BCUT2D eigenvalue weighted by Gasteiger charge is 2.31. The maximum atomic E-state index is 12.9. The van der Waals surface area contributed by atoms with Crippen LogP contribution >= 0.6 is 0 Å². The molecule has 2 heterocycles. The molecule has 1 amide bonds. The molecule has 0 fully saturated rings. The van der Waals surface area contributed by atoms with Crippen LogP contribution in [-0.4, -0.2) is 32.3 Å². The minimum absolute atomic E-state index is 0.0724. The third kappa shape index (κ3) is 3.19. The molecule has 28 heavy (non-hydrogen) atoms. The SMILES string of the molecule is Nc1c(C(=O)N2CCc3ccccc3C2)nnn1-c1cccc(C(F)(F)F)c1. The van der Waals surface area contributed by atoms with E-state index in [9.17, 15) is 18.0 Å². The Balaban J connectivity index is 1.62. The third-order valence-corrected chi connectivity index (χ3v) is 4.74. The van der Waals surface area contributed by atoms with Crippen LogP contribution in [-0.2, 0) is 19.1 Å². The molecule has 4 rings (SSSR count). The number of amides is 1. The second-order valence-corrected chi connectivity index (χ2v) is 6.53. The lowest BCUT2D eigenvalue weighted by molar-refractivity contribution is -0.137. The molecule has 9 heteroatoms. The van der Waals surface area contributed by atoms with Crippen molar-refractivity contribution in [3.63, 3.8) is 0 Å². The van der Waals surface area contributed by atoms with Gasteiger partial charge in [0.2, 0.25) is 0 Å². The van der Waals surface area contributed by atoms with E-state index in [4.69, 9.17) is 5.73 Å². The van der Waals surface area contributed by atoms with Crippen molar-refractivity contribution in [3.05, 3.63) is 70.9 Å². The van der Waals surface area contributed by atoms with Crippen molar-refractivity contribution < 1.29 is 18.0 Å². The predicted octanol–water partition coefficient (Wildman–Crippen LogP) is 3.07. The first-order valence-corrected chi connectivity index (χ1v) is 8.59. The van der Waals surface area contributed by atoms with E-state index in [1.807, 2.05) is 24.3 Å². The first-order chi connectivity index (χ1) is 13.3. The summed E-state index contributed by atoms with van der Waals surface area (Å²) in [5, 5.41) is 7.63. The molecule has 1 aliphatic rings. The lowest BCUT2D eigenvalue weighted by atomic mass is 10.00. The van der Waals surface area contributed by atoms with Crippen molar-refractivity contribution >= 4 is 11.7 Å². The summed E-state index contributed by atoms with van der Waals surface area (Å²) in [6.45, 7) is 0.927. The monoisotopic (exact) mass is 387 g/mol. The molecule has 0 bridgehead atoms. The molecule has 0 unspecified atom stereocenters. The van der Waals surface area contributed by atoms with Crippen LogP contribution in [0.25, 0.3) is 5.69 Å². The van der Waals surface area contributed by atoms with Gasteiger partial charge in [0.25, 0.3) is 5.91 Å². The van der Waals surface area contributed by atoms with Crippen molar-refractivity contribution in [2.45, 2.75) is 19.1 Å². The van der Waals surface area contributed by atoms with Crippen LogP contribution in [0.5, 0.6) is 0 Å². The zero-order valence-corrected chi connectivity index (χ0v) is 14.6. The first-order valence-electron chi connectivity index (χ1n) is 8.59. The van der Waals surface area contributed by atoms with Crippen molar-refractivity contribution in [2.24, 2.45) is 0 Å². The highest BCUT2D eigenvalue weighted by atomic mass is 19.4. The fourth-order valence-electron chi connectivity index (χ4n) is 3.27. The largest absolute Gasteiger partial charge is 0.416 e. The number of rotatable bonds is 2. The maximum absolute atomic E-state index is 12.9. The third-order valence-electron chi connectivity index (χ3n) is 4.74. The van der Waals surface area contributed by atoms with E-state index in [1.165, 1.54) is 17.7 Å². The topological polar surface area (TPSA) is 77.0 Å². The van der Waals surface area contributed by atoms with E-state index >= 15 is 0 Å². The van der Waals surface area contributed by atoms with Gasteiger partial charge in [0, 0.05) is 13.1 Å². The number of benzene rings is 2. The molecule has 144 valence electrons. The molecule has 0 saturated heterocycles. The van der Waals surface area contributed by atoms with Crippen LogP contribution in [0.3, 0.4) is 0 Å². The van der Waals surface area contributed by atoms with Crippen molar-refractivity contribution in [1.29, 1.82) is 0 Å². The second-order valence-electron chi connectivity index (χ2n) is 6.53. The van der Waals surface area contributed by atoms with Crippen LogP contribution in [0.2, 0.25) is 0 Å². The lowest BCUT2D eigenvalue weighted by Gasteiger charge is -2.28. The Bertz CT molecular complexity index is 1040. The Morgan fingerprint density at radius 1 is 1.07 bits per heavy atom. The molecule has 0 aliphatic carbocycles. The van der Waals surface area contributed by atoms with E-state index in [0.717, 1.165) is 22.4 Å². The molecule has 1 aromatic heterocycles. The minimum atomic E-state index is -4.49. The van der Waals surface area contributed by atoms with Gasteiger partial charge in [0.1, 0.15) is 0 Å². The highest BCUT2D eigenvalue weighted by molar-refractivity contribution is 5.96. The summed E-state index contributed by atoms with van der Waals surface area (Å²) in [7, 11) is 0. The average molecular weight is 387 g/mol. The number of carbonyl (C=O) groups excluding carboxylic acids is 1. The molecule has 1 aliphatic heterocycles. The number of hydrogen-bond donors (Lipinski definition) is 1. The Morgan fingerprint density at radius 3 is 2.57 bits per heavy atom. The van der Waals surface area contributed by atoms with E-state index in [1.54, 1.807) is 4.90 Å². The van der Waals surface area contributed by atoms with Crippen molar-refractivity contribution in [1.82, 2.24) is 19.9 Å². The molecule has 0 saturated carbocycles. The number of halogens is 3. The fraction of sp³-hybridized carbons (Fsp3) is 0.211. The van der Waals surface area contributed by atoms with Crippen LogP contribution in [0, 0.1) is 0 Å². The normalized spacial score (nSPS) is 14.0. The molecule has 0 spiro atoms.